The van der Waals surface area contributed by atoms with Gasteiger partial charge < -0.3 is 4.90 Å². The molecule has 1 aromatic carbocycles. The Hall–Kier alpha value is -1.97. The Morgan fingerprint density at radius 1 is 1.00 bits per heavy atom. The molecule has 1 aromatic heterocycles. The molecular weight excluding hydrogens is 248 g/mol. The molecule has 4 heteroatoms. The van der Waals surface area contributed by atoms with E-state index in [9.17, 15) is 0 Å². The molecule has 2 aromatic rings. The fraction of sp³-hybridized carbons (Fsp3) is 0.438. The molecule has 20 heavy (non-hydrogen) atoms. The van der Waals surface area contributed by atoms with Crippen LogP contribution in [0.2, 0.25) is 0 Å². The Balaban J connectivity index is 1.97. The second-order valence-electron chi connectivity index (χ2n) is 5.46. The molecule has 1 aliphatic rings. The fourth-order valence-corrected chi connectivity index (χ4v) is 2.68. The molecule has 0 unspecified atom stereocenters. The minimum absolute atomic E-state index is 0.722. The molecule has 1 saturated heterocycles. The van der Waals surface area contributed by atoms with Gasteiger partial charge in [0.05, 0.1) is 0 Å². The van der Waals surface area contributed by atoms with Crippen molar-refractivity contribution in [2.24, 2.45) is 0 Å². The first kappa shape index (κ1) is 13.0. The van der Waals surface area contributed by atoms with Gasteiger partial charge in [0.1, 0.15) is 5.69 Å². The maximum absolute atomic E-state index is 4.76. The lowest BCUT2D eigenvalue weighted by Crippen LogP contribution is -2.31. The molecule has 0 amide bonds. The number of hydrogen-bond acceptors (Lipinski definition) is 4. The topological polar surface area (TPSA) is 41.9 Å². The van der Waals surface area contributed by atoms with Crippen LogP contribution < -0.4 is 4.90 Å². The van der Waals surface area contributed by atoms with Gasteiger partial charge in [-0.15, -0.1) is 10.2 Å². The second kappa shape index (κ2) is 5.57. The van der Waals surface area contributed by atoms with E-state index in [0.29, 0.717) is 0 Å². The van der Waals surface area contributed by atoms with Crippen molar-refractivity contribution in [1.29, 1.82) is 0 Å². The normalized spacial score (nSPS) is 15.4. The molecule has 1 aliphatic heterocycles. The summed E-state index contributed by atoms with van der Waals surface area (Å²) in [4.78, 5) is 7.10. The van der Waals surface area contributed by atoms with Gasteiger partial charge in [0.2, 0.25) is 0 Å². The number of aromatic nitrogens is 3. The Labute approximate surface area is 119 Å². The summed E-state index contributed by atoms with van der Waals surface area (Å²) >= 11 is 0. The molecule has 0 spiro atoms. The lowest BCUT2D eigenvalue weighted by atomic mass is 10.1. The van der Waals surface area contributed by atoms with Crippen molar-refractivity contribution in [3.8, 4) is 11.4 Å². The highest BCUT2D eigenvalue weighted by molar-refractivity contribution is 5.58. The quantitative estimate of drug-likeness (QED) is 0.839. The Kier molecular flexibility index (Phi) is 3.63. The van der Waals surface area contributed by atoms with Crippen molar-refractivity contribution < 1.29 is 0 Å². The Morgan fingerprint density at radius 2 is 1.80 bits per heavy atom. The van der Waals surface area contributed by atoms with Crippen LogP contribution in [0.4, 0.5) is 5.82 Å². The molecule has 0 bridgehead atoms. The van der Waals surface area contributed by atoms with Crippen molar-refractivity contribution >= 4 is 5.82 Å². The van der Waals surface area contributed by atoms with Gasteiger partial charge in [0.15, 0.2) is 11.6 Å². The van der Waals surface area contributed by atoms with E-state index >= 15 is 0 Å². The fourth-order valence-electron chi connectivity index (χ4n) is 2.68. The minimum atomic E-state index is 0.722. The Bertz CT molecular complexity index is 603. The first-order chi connectivity index (χ1) is 9.74. The van der Waals surface area contributed by atoms with Gasteiger partial charge in [-0.05, 0) is 39.2 Å². The lowest BCUT2D eigenvalue weighted by molar-refractivity contribution is 0.570. The smallest absolute Gasteiger partial charge is 0.183 e. The lowest BCUT2D eigenvalue weighted by Gasteiger charge is -2.28. The molecule has 104 valence electrons. The van der Waals surface area contributed by atoms with Gasteiger partial charge in [-0.1, -0.05) is 23.8 Å². The third-order valence-corrected chi connectivity index (χ3v) is 3.76. The summed E-state index contributed by atoms with van der Waals surface area (Å²) in [6, 6.07) is 8.26. The van der Waals surface area contributed by atoms with Gasteiger partial charge in [-0.25, -0.2) is 4.98 Å². The number of hydrogen-bond donors (Lipinski definition) is 0. The summed E-state index contributed by atoms with van der Waals surface area (Å²) in [5.74, 6) is 1.72. The number of piperidine rings is 1. The molecule has 0 aliphatic carbocycles. The van der Waals surface area contributed by atoms with E-state index in [0.717, 1.165) is 36.0 Å². The van der Waals surface area contributed by atoms with E-state index < -0.39 is 0 Å². The van der Waals surface area contributed by atoms with E-state index in [1.807, 2.05) is 19.1 Å². The zero-order valence-corrected chi connectivity index (χ0v) is 12.1. The molecule has 0 saturated carbocycles. The first-order valence-electron chi connectivity index (χ1n) is 7.27. The van der Waals surface area contributed by atoms with Crippen LogP contribution in [0.1, 0.15) is 30.5 Å². The summed E-state index contributed by atoms with van der Waals surface area (Å²) in [5, 5.41) is 8.56. The molecule has 4 nitrogen and oxygen atoms in total. The van der Waals surface area contributed by atoms with Crippen LogP contribution in [-0.2, 0) is 0 Å². The first-order valence-corrected chi connectivity index (χ1v) is 7.27. The summed E-state index contributed by atoms with van der Waals surface area (Å²) < 4.78 is 0. The number of nitrogens with zero attached hydrogens (tertiary/aromatic N) is 4. The van der Waals surface area contributed by atoms with Crippen molar-refractivity contribution in [2.75, 3.05) is 18.0 Å². The van der Waals surface area contributed by atoms with Crippen LogP contribution >= 0.6 is 0 Å². The van der Waals surface area contributed by atoms with Crippen molar-refractivity contribution in [1.82, 2.24) is 15.2 Å². The highest BCUT2D eigenvalue weighted by Crippen LogP contribution is 2.23. The average molecular weight is 268 g/mol. The van der Waals surface area contributed by atoms with Gasteiger partial charge in [0.25, 0.3) is 0 Å². The third kappa shape index (κ3) is 2.64. The predicted molar refractivity (Wildman–Crippen MR) is 80.8 cm³/mol. The number of benzene rings is 1. The van der Waals surface area contributed by atoms with Gasteiger partial charge in [0, 0.05) is 18.7 Å². The molecular formula is C16H20N4. The highest BCUT2D eigenvalue weighted by atomic mass is 15.3. The number of aryl methyl sites for hydroxylation is 2. The number of rotatable bonds is 2. The maximum atomic E-state index is 4.76. The minimum Gasteiger partial charge on any atom is -0.355 e. The third-order valence-electron chi connectivity index (χ3n) is 3.76. The molecule has 2 heterocycles. The van der Waals surface area contributed by atoms with E-state index in [1.165, 1.54) is 24.8 Å². The largest absolute Gasteiger partial charge is 0.355 e. The summed E-state index contributed by atoms with van der Waals surface area (Å²) in [5.41, 5.74) is 3.17. The van der Waals surface area contributed by atoms with Gasteiger partial charge in [-0.2, -0.15) is 0 Å². The SMILES string of the molecule is Cc1cccc(-c2nnc(C)c(N3CCCCC3)n2)c1. The molecule has 0 N–H and O–H groups in total. The van der Waals surface area contributed by atoms with Crippen LogP contribution in [-0.4, -0.2) is 28.3 Å². The molecule has 3 rings (SSSR count). The molecule has 0 radical (unpaired) electrons. The summed E-state index contributed by atoms with van der Waals surface area (Å²) in [6.07, 6.45) is 3.80. The molecule has 0 atom stereocenters. The van der Waals surface area contributed by atoms with Crippen LogP contribution in [0, 0.1) is 13.8 Å². The zero-order chi connectivity index (χ0) is 13.9. The van der Waals surface area contributed by atoms with Crippen LogP contribution in [0.3, 0.4) is 0 Å². The van der Waals surface area contributed by atoms with Crippen LogP contribution in [0.25, 0.3) is 11.4 Å². The zero-order valence-electron chi connectivity index (χ0n) is 12.1. The molecule has 1 fully saturated rings. The average Bonchev–Trinajstić information content (AvgIpc) is 2.48. The van der Waals surface area contributed by atoms with E-state index in [1.54, 1.807) is 0 Å². The highest BCUT2D eigenvalue weighted by Gasteiger charge is 2.16. The van der Waals surface area contributed by atoms with E-state index in [-0.39, 0.29) is 0 Å². The van der Waals surface area contributed by atoms with E-state index in [2.05, 4.69) is 34.2 Å². The number of anilines is 1. The van der Waals surface area contributed by atoms with Gasteiger partial charge >= 0.3 is 0 Å². The predicted octanol–water partition coefficient (Wildman–Crippen LogP) is 3.15. The van der Waals surface area contributed by atoms with Crippen molar-refractivity contribution in [3.05, 3.63) is 35.5 Å². The van der Waals surface area contributed by atoms with Crippen LogP contribution in [0.15, 0.2) is 24.3 Å². The summed E-state index contributed by atoms with van der Waals surface area (Å²) in [6.45, 7) is 6.22. The summed E-state index contributed by atoms with van der Waals surface area (Å²) in [7, 11) is 0. The standard InChI is InChI=1S/C16H20N4/c1-12-7-6-8-14(11-12)15-17-16(13(2)18-19-15)20-9-4-3-5-10-20/h6-8,11H,3-5,9-10H2,1-2H3. The maximum Gasteiger partial charge on any atom is 0.183 e. The monoisotopic (exact) mass is 268 g/mol. The van der Waals surface area contributed by atoms with Crippen LogP contribution in [0.5, 0.6) is 0 Å². The van der Waals surface area contributed by atoms with Crippen molar-refractivity contribution in [3.63, 3.8) is 0 Å². The second-order valence-corrected chi connectivity index (χ2v) is 5.46. The van der Waals surface area contributed by atoms with Crippen molar-refractivity contribution in [2.45, 2.75) is 33.1 Å². The Morgan fingerprint density at radius 3 is 2.55 bits per heavy atom. The van der Waals surface area contributed by atoms with Gasteiger partial charge in [-0.3, -0.25) is 0 Å². The van der Waals surface area contributed by atoms with E-state index in [4.69, 9.17) is 4.98 Å².